The van der Waals surface area contributed by atoms with Gasteiger partial charge in [-0.1, -0.05) is 42.5 Å². The largest absolute Gasteiger partial charge is 0.465 e. The van der Waals surface area contributed by atoms with Gasteiger partial charge in [-0.25, -0.2) is 9.78 Å². The highest BCUT2D eigenvalue weighted by atomic mass is 16.5. The van der Waals surface area contributed by atoms with Crippen LogP contribution in [0.1, 0.15) is 10.4 Å². The van der Waals surface area contributed by atoms with E-state index in [9.17, 15) is 4.79 Å². The number of carbonyl (C=O) groups excluding carboxylic acids is 1. The van der Waals surface area contributed by atoms with Gasteiger partial charge in [0.1, 0.15) is 5.65 Å². The summed E-state index contributed by atoms with van der Waals surface area (Å²) >= 11 is 0. The second-order valence-electron chi connectivity index (χ2n) is 7.14. The third-order valence-corrected chi connectivity index (χ3v) is 5.33. The monoisotopic (exact) mass is 393 g/mol. The molecule has 0 unspecified atom stereocenters. The number of nitrogens with one attached hydrogen (secondary N) is 1. The fourth-order valence-corrected chi connectivity index (χ4v) is 3.89. The fraction of sp³-hybridized carbons (Fsp3) is 0.0400. The zero-order chi connectivity index (χ0) is 20.7. The lowest BCUT2D eigenvalue weighted by Gasteiger charge is -2.12. The molecular formula is C25H19N3O2. The first-order valence-electron chi connectivity index (χ1n) is 9.60. The minimum atomic E-state index is -0.366. The number of hydrogen-bond acceptors (Lipinski definition) is 4. The Kier molecular flexibility index (Phi) is 4.21. The molecule has 5 heteroatoms. The number of carbonyl (C=O) groups is 1. The lowest BCUT2D eigenvalue weighted by molar-refractivity contribution is 0.0601. The van der Waals surface area contributed by atoms with Gasteiger partial charge in [0.2, 0.25) is 0 Å². The number of methoxy groups -OCH3 is 1. The van der Waals surface area contributed by atoms with E-state index in [4.69, 9.17) is 15.5 Å². The smallest absolute Gasteiger partial charge is 0.337 e. The zero-order valence-corrected chi connectivity index (χ0v) is 16.3. The number of nitrogen functional groups attached to an aromatic ring is 1. The molecule has 3 aromatic carbocycles. The van der Waals surface area contributed by atoms with Crippen molar-refractivity contribution in [2.24, 2.45) is 0 Å². The number of benzene rings is 3. The molecule has 0 amide bonds. The van der Waals surface area contributed by atoms with Gasteiger partial charge in [0.15, 0.2) is 0 Å². The quantitative estimate of drug-likeness (QED) is 0.317. The molecule has 5 nitrogen and oxygen atoms in total. The number of ether oxygens (including phenoxy) is 1. The molecule has 3 N–H and O–H groups in total. The number of aromatic amines is 1. The summed E-state index contributed by atoms with van der Waals surface area (Å²) in [6.45, 7) is 0. The van der Waals surface area contributed by atoms with Crippen LogP contribution in [0.3, 0.4) is 0 Å². The molecule has 0 fully saturated rings. The predicted octanol–water partition coefficient (Wildman–Crippen LogP) is 5.42. The van der Waals surface area contributed by atoms with E-state index in [1.54, 1.807) is 6.07 Å². The lowest BCUT2D eigenvalue weighted by Crippen LogP contribution is -2.00. The zero-order valence-electron chi connectivity index (χ0n) is 16.3. The summed E-state index contributed by atoms with van der Waals surface area (Å²) in [6, 6.07) is 23.5. The van der Waals surface area contributed by atoms with E-state index in [1.165, 1.54) is 7.11 Å². The standard InChI is InChI=1S/C25H19N3O2/c1-30-25(29)17-9-12-21-19(13-17)23-22(16-5-3-2-4-6-16)20(14-27-24(23)28-21)15-7-10-18(26)11-8-15/h2-14H,26H2,1H3,(H,27,28). The number of nitrogens with two attached hydrogens (primary N) is 1. The summed E-state index contributed by atoms with van der Waals surface area (Å²) < 4.78 is 4.92. The Bertz CT molecular complexity index is 1390. The summed E-state index contributed by atoms with van der Waals surface area (Å²) in [6.07, 6.45) is 1.88. The summed E-state index contributed by atoms with van der Waals surface area (Å²) in [4.78, 5) is 20.2. The lowest BCUT2D eigenvalue weighted by atomic mass is 9.92. The van der Waals surface area contributed by atoms with Crippen molar-refractivity contribution in [1.29, 1.82) is 0 Å². The van der Waals surface area contributed by atoms with Crippen molar-refractivity contribution in [3.05, 3.63) is 84.6 Å². The second kappa shape index (κ2) is 7.04. The van der Waals surface area contributed by atoms with Crippen molar-refractivity contribution >= 4 is 33.6 Å². The van der Waals surface area contributed by atoms with E-state index in [0.717, 1.165) is 44.2 Å². The number of anilines is 1. The van der Waals surface area contributed by atoms with E-state index < -0.39 is 0 Å². The van der Waals surface area contributed by atoms with E-state index in [-0.39, 0.29) is 5.97 Å². The van der Waals surface area contributed by atoms with Gasteiger partial charge in [0, 0.05) is 39.3 Å². The average molecular weight is 393 g/mol. The number of esters is 1. The molecule has 0 atom stereocenters. The summed E-state index contributed by atoms with van der Waals surface area (Å²) in [5.41, 5.74) is 12.9. The van der Waals surface area contributed by atoms with E-state index in [1.807, 2.05) is 60.8 Å². The number of H-pyrrole nitrogens is 1. The first-order chi connectivity index (χ1) is 14.7. The molecule has 0 aliphatic heterocycles. The molecule has 0 aliphatic rings. The number of fused-ring (bicyclic) bond motifs is 3. The highest BCUT2D eigenvalue weighted by Gasteiger charge is 2.18. The topological polar surface area (TPSA) is 81.0 Å². The van der Waals surface area contributed by atoms with Crippen LogP contribution in [0.5, 0.6) is 0 Å². The van der Waals surface area contributed by atoms with Gasteiger partial charge in [-0.3, -0.25) is 0 Å². The average Bonchev–Trinajstić information content (AvgIpc) is 3.17. The van der Waals surface area contributed by atoms with Crippen LogP contribution in [-0.2, 0) is 4.74 Å². The maximum atomic E-state index is 12.1. The molecule has 2 heterocycles. The van der Waals surface area contributed by atoms with Crippen LogP contribution < -0.4 is 5.73 Å². The van der Waals surface area contributed by atoms with Gasteiger partial charge in [-0.15, -0.1) is 0 Å². The Labute approximate surface area is 173 Å². The molecular weight excluding hydrogens is 374 g/mol. The van der Waals surface area contributed by atoms with Crippen molar-refractivity contribution in [3.8, 4) is 22.3 Å². The van der Waals surface area contributed by atoms with Crippen molar-refractivity contribution < 1.29 is 9.53 Å². The summed E-state index contributed by atoms with van der Waals surface area (Å²) in [7, 11) is 1.39. The van der Waals surface area contributed by atoms with Gasteiger partial charge < -0.3 is 15.5 Å². The Morgan fingerprint density at radius 2 is 1.73 bits per heavy atom. The van der Waals surface area contributed by atoms with Crippen molar-refractivity contribution in [2.45, 2.75) is 0 Å². The highest BCUT2D eigenvalue weighted by molar-refractivity contribution is 6.17. The Balaban J connectivity index is 1.90. The van der Waals surface area contributed by atoms with E-state index in [2.05, 4.69) is 17.1 Å². The van der Waals surface area contributed by atoms with Crippen LogP contribution in [0.15, 0.2) is 79.0 Å². The molecule has 146 valence electrons. The van der Waals surface area contributed by atoms with Gasteiger partial charge in [0.05, 0.1) is 12.7 Å². The maximum Gasteiger partial charge on any atom is 0.337 e. The molecule has 0 aliphatic carbocycles. The minimum Gasteiger partial charge on any atom is -0.465 e. The van der Waals surface area contributed by atoms with Gasteiger partial charge in [0.25, 0.3) is 0 Å². The first-order valence-corrected chi connectivity index (χ1v) is 9.60. The van der Waals surface area contributed by atoms with Gasteiger partial charge in [-0.05, 0) is 41.5 Å². The van der Waals surface area contributed by atoms with Crippen LogP contribution in [0.4, 0.5) is 5.69 Å². The molecule has 0 radical (unpaired) electrons. The molecule has 0 bridgehead atoms. The fourth-order valence-electron chi connectivity index (χ4n) is 3.89. The predicted molar refractivity (Wildman–Crippen MR) is 120 cm³/mol. The Morgan fingerprint density at radius 3 is 2.47 bits per heavy atom. The van der Waals surface area contributed by atoms with Crippen LogP contribution in [0.25, 0.3) is 44.2 Å². The second-order valence-corrected chi connectivity index (χ2v) is 7.14. The van der Waals surface area contributed by atoms with Crippen molar-refractivity contribution in [1.82, 2.24) is 9.97 Å². The van der Waals surface area contributed by atoms with Crippen LogP contribution in [0.2, 0.25) is 0 Å². The molecule has 5 aromatic rings. The number of rotatable bonds is 3. The normalized spacial score (nSPS) is 11.1. The van der Waals surface area contributed by atoms with E-state index >= 15 is 0 Å². The van der Waals surface area contributed by atoms with Crippen LogP contribution in [-0.4, -0.2) is 23.0 Å². The number of nitrogens with zero attached hydrogens (tertiary/aromatic N) is 1. The third kappa shape index (κ3) is 2.88. The Hall–Kier alpha value is -4.12. The minimum absolute atomic E-state index is 0.366. The van der Waals surface area contributed by atoms with Gasteiger partial charge >= 0.3 is 5.97 Å². The third-order valence-electron chi connectivity index (χ3n) is 5.33. The molecule has 0 saturated heterocycles. The number of hydrogen-bond donors (Lipinski definition) is 2. The van der Waals surface area contributed by atoms with Crippen LogP contribution >= 0.6 is 0 Å². The molecule has 0 spiro atoms. The highest BCUT2D eigenvalue weighted by Crippen LogP contribution is 2.40. The SMILES string of the molecule is COC(=O)c1ccc2[nH]c3ncc(-c4ccc(N)cc4)c(-c4ccccc4)c3c2c1. The molecule has 2 aromatic heterocycles. The molecule has 5 rings (SSSR count). The number of pyridine rings is 1. The van der Waals surface area contributed by atoms with Gasteiger partial charge in [-0.2, -0.15) is 0 Å². The van der Waals surface area contributed by atoms with Crippen LogP contribution in [0, 0.1) is 0 Å². The first kappa shape index (κ1) is 17.9. The Morgan fingerprint density at radius 1 is 0.967 bits per heavy atom. The summed E-state index contributed by atoms with van der Waals surface area (Å²) in [5.74, 6) is -0.366. The molecule has 0 saturated carbocycles. The van der Waals surface area contributed by atoms with Crippen molar-refractivity contribution in [3.63, 3.8) is 0 Å². The maximum absolute atomic E-state index is 12.1. The summed E-state index contributed by atoms with van der Waals surface area (Å²) in [5, 5.41) is 1.90. The number of aromatic nitrogens is 2. The molecule has 30 heavy (non-hydrogen) atoms. The van der Waals surface area contributed by atoms with Crippen molar-refractivity contribution in [2.75, 3.05) is 12.8 Å². The van der Waals surface area contributed by atoms with E-state index in [0.29, 0.717) is 11.3 Å².